The van der Waals surface area contributed by atoms with E-state index in [0.29, 0.717) is 24.8 Å². The topological polar surface area (TPSA) is 94.9 Å². The third-order valence-electron chi connectivity index (χ3n) is 5.08. The normalized spacial score (nSPS) is 18.0. The Balaban J connectivity index is 1.98. The van der Waals surface area contributed by atoms with Crippen LogP contribution in [0.1, 0.15) is 42.9 Å². The first-order valence-corrected chi connectivity index (χ1v) is 9.72. The van der Waals surface area contributed by atoms with E-state index in [1.54, 1.807) is 36.4 Å². The quantitative estimate of drug-likeness (QED) is 0.297. The number of carboxylic acids is 1. The second-order valence-corrected chi connectivity index (χ2v) is 7.08. The van der Waals surface area contributed by atoms with E-state index in [1.165, 1.54) is 23.1 Å². The lowest BCUT2D eigenvalue weighted by Gasteiger charge is -2.25. The summed E-state index contributed by atoms with van der Waals surface area (Å²) in [5.74, 6) is -3.51. The van der Waals surface area contributed by atoms with Gasteiger partial charge in [-0.3, -0.25) is 14.4 Å². The molecule has 3 rings (SSSR count). The Labute approximate surface area is 173 Å². The summed E-state index contributed by atoms with van der Waals surface area (Å²) < 4.78 is 14.6. The van der Waals surface area contributed by atoms with Crippen molar-refractivity contribution < 1.29 is 29.0 Å². The highest BCUT2D eigenvalue weighted by molar-refractivity contribution is 6.46. The summed E-state index contributed by atoms with van der Waals surface area (Å²) in [5, 5.41) is 19.6. The smallest absolute Gasteiger partial charge is 0.303 e. The maximum atomic E-state index is 14.6. The van der Waals surface area contributed by atoms with Crippen LogP contribution in [0.4, 0.5) is 4.39 Å². The lowest BCUT2D eigenvalue weighted by molar-refractivity contribution is -0.140. The molecule has 156 valence electrons. The molecule has 1 fully saturated rings. The van der Waals surface area contributed by atoms with Gasteiger partial charge in [-0.15, -0.1) is 0 Å². The van der Waals surface area contributed by atoms with Gasteiger partial charge in [-0.1, -0.05) is 55.0 Å². The molecule has 0 spiro atoms. The van der Waals surface area contributed by atoms with E-state index >= 15 is 0 Å². The Morgan fingerprint density at radius 3 is 2.27 bits per heavy atom. The van der Waals surface area contributed by atoms with E-state index in [2.05, 4.69) is 0 Å². The van der Waals surface area contributed by atoms with Crippen LogP contribution in [0, 0.1) is 5.82 Å². The molecule has 0 aromatic heterocycles. The highest BCUT2D eigenvalue weighted by Gasteiger charge is 2.46. The molecule has 0 aliphatic carbocycles. The van der Waals surface area contributed by atoms with Crippen molar-refractivity contribution in [2.24, 2.45) is 0 Å². The fraction of sp³-hybridized carbons (Fsp3) is 0.261. The average molecular weight is 411 g/mol. The predicted octanol–water partition coefficient (Wildman–Crippen LogP) is 3.89. The molecule has 0 radical (unpaired) electrons. The van der Waals surface area contributed by atoms with Gasteiger partial charge in [-0.2, -0.15) is 0 Å². The molecule has 1 saturated heterocycles. The van der Waals surface area contributed by atoms with Crippen LogP contribution >= 0.6 is 0 Å². The molecule has 1 amide bonds. The van der Waals surface area contributed by atoms with Crippen molar-refractivity contribution in [3.63, 3.8) is 0 Å². The molecule has 2 aromatic rings. The first-order chi connectivity index (χ1) is 14.4. The van der Waals surface area contributed by atoms with Gasteiger partial charge < -0.3 is 15.1 Å². The number of rotatable bonds is 8. The first-order valence-electron chi connectivity index (χ1n) is 9.72. The number of unbranched alkanes of at least 4 members (excludes halogenated alkanes) is 2. The molecule has 2 N–H and O–H groups in total. The summed E-state index contributed by atoms with van der Waals surface area (Å²) in [6.07, 6.45) is 1.45. The fourth-order valence-electron chi connectivity index (χ4n) is 3.62. The maximum Gasteiger partial charge on any atom is 0.303 e. The van der Waals surface area contributed by atoms with Gasteiger partial charge >= 0.3 is 5.97 Å². The zero-order chi connectivity index (χ0) is 21.7. The van der Waals surface area contributed by atoms with Crippen molar-refractivity contribution in [1.82, 2.24) is 4.90 Å². The molecule has 0 saturated carbocycles. The summed E-state index contributed by atoms with van der Waals surface area (Å²) in [4.78, 5) is 37.4. The number of likely N-dealkylation sites (tertiary alicyclic amines) is 1. The Bertz CT molecular complexity index is 986. The van der Waals surface area contributed by atoms with Crippen LogP contribution in [-0.2, 0) is 14.4 Å². The number of halogens is 1. The van der Waals surface area contributed by atoms with E-state index in [9.17, 15) is 23.9 Å². The van der Waals surface area contributed by atoms with Gasteiger partial charge in [0.25, 0.3) is 11.7 Å². The minimum absolute atomic E-state index is 0.0174. The highest BCUT2D eigenvalue weighted by atomic mass is 19.1. The van der Waals surface area contributed by atoms with Crippen LogP contribution in [0.3, 0.4) is 0 Å². The zero-order valence-corrected chi connectivity index (χ0v) is 16.3. The predicted molar refractivity (Wildman–Crippen MR) is 108 cm³/mol. The summed E-state index contributed by atoms with van der Waals surface area (Å²) in [5.41, 5.74) is 0.333. The number of carboxylic acid groups (broad SMARTS) is 1. The fourth-order valence-corrected chi connectivity index (χ4v) is 3.62. The number of hydrogen-bond donors (Lipinski definition) is 2. The molecular formula is C23H22FNO5. The monoisotopic (exact) mass is 411 g/mol. The lowest BCUT2D eigenvalue weighted by Crippen LogP contribution is -2.31. The number of carbonyl (C=O) groups is 3. The molecule has 1 aliphatic rings. The van der Waals surface area contributed by atoms with Crippen LogP contribution in [0.25, 0.3) is 5.76 Å². The average Bonchev–Trinajstić information content (AvgIpc) is 2.98. The van der Waals surface area contributed by atoms with Crippen molar-refractivity contribution in [1.29, 1.82) is 0 Å². The number of aliphatic hydroxyl groups is 1. The van der Waals surface area contributed by atoms with Crippen molar-refractivity contribution in [3.05, 3.63) is 77.1 Å². The molecule has 1 heterocycles. The zero-order valence-electron chi connectivity index (χ0n) is 16.3. The highest BCUT2D eigenvalue weighted by Crippen LogP contribution is 2.40. The Hall–Kier alpha value is -3.48. The number of Topliss-reactive ketones (excluding diaryl/α,β-unsaturated/α-hetero) is 1. The van der Waals surface area contributed by atoms with Crippen LogP contribution in [0.15, 0.2) is 60.2 Å². The summed E-state index contributed by atoms with van der Waals surface area (Å²) in [6, 6.07) is 13.1. The van der Waals surface area contributed by atoms with E-state index in [4.69, 9.17) is 5.11 Å². The summed E-state index contributed by atoms with van der Waals surface area (Å²) in [7, 11) is 0. The van der Waals surface area contributed by atoms with E-state index in [0.717, 1.165) is 0 Å². The molecule has 1 aliphatic heterocycles. The second kappa shape index (κ2) is 9.35. The number of ketones is 1. The van der Waals surface area contributed by atoms with Crippen molar-refractivity contribution in [2.75, 3.05) is 6.54 Å². The van der Waals surface area contributed by atoms with Crippen molar-refractivity contribution in [2.45, 2.75) is 31.7 Å². The Kier molecular flexibility index (Phi) is 6.61. The van der Waals surface area contributed by atoms with E-state index < -0.39 is 29.5 Å². The molecule has 0 unspecified atom stereocenters. The second-order valence-electron chi connectivity index (χ2n) is 7.08. The number of amides is 1. The Morgan fingerprint density at radius 2 is 1.60 bits per heavy atom. The molecule has 7 heteroatoms. The van der Waals surface area contributed by atoms with E-state index in [1.807, 2.05) is 0 Å². The third kappa shape index (κ3) is 4.40. The lowest BCUT2D eigenvalue weighted by atomic mass is 9.95. The standard InChI is InChI=1S/C23H22FNO5/c24-17-12-7-6-11-16(17)20-19(21(28)15-9-3-1-4-10-15)22(29)23(30)25(20)14-8-2-5-13-18(26)27/h1,3-4,6-7,9-12,20,28H,2,5,8,13-14H2,(H,26,27)/b21-19+/t20-/m0/s1. The van der Waals surface area contributed by atoms with Gasteiger partial charge in [-0.05, 0) is 18.9 Å². The molecule has 30 heavy (non-hydrogen) atoms. The minimum Gasteiger partial charge on any atom is -0.507 e. The Morgan fingerprint density at radius 1 is 0.933 bits per heavy atom. The number of hydrogen-bond acceptors (Lipinski definition) is 4. The van der Waals surface area contributed by atoms with Crippen molar-refractivity contribution >= 4 is 23.4 Å². The number of benzene rings is 2. The van der Waals surface area contributed by atoms with Gasteiger partial charge in [0.15, 0.2) is 0 Å². The molecule has 1 atom stereocenters. The largest absolute Gasteiger partial charge is 0.507 e. The van der Waals surface area contributed by atoms with Crippen molar-refractivity contribution in [3.8, 4) is 0 Å². The van der Waals surface area contributed by atoms with Crippen LogP contribution < -0.4 is 0 Å². The number of nitrogens with zero attached hydrogens (tertiary/aromatic N) is 1. The first kappa shape index (κ1) is 21.2. The van der Waals surface area contributed by atoms with Gasteiger partial charge in [0, 0.05) is 24.1 Å². The molecular weight excluding hydrogens is 389 g/mol. The number of aliphatic carboxylic acids is 1. The van der Waals surface area contributed by atoms with Crippen LogP contribution in [-0.4, -0.2) is 39.3 Å². The summed E-state index contributed by atoms with van der Waals surface area (Å²) >= 11 is 0. The molecule has 2 aromatic carbocycles. The minimum atomic E-state index is -1.05. The van der Waals surface area contributed by atoms with E-state index in [-0.39, 0.29) is 29.9 Å². The van der Waals surface area contributed by atoms with Gasteiger partial charge in [0.05, 0.1) is 11.6 Å². The summed E-state index contributed by atoms with van der Waals surface area (Å²) in [6.45, 7) is 0.148. The van der Waals surface area contributed by atoms with Gasteiger partial charge in [0.2, 0.25) is 0 Å². The molecule has 0 bridgehead atoms. The van der Waals surface area contributed by atoms with Gasteiger partial charge in [0.1, 0.15) is 11.6 Å². The third-order valence-corrected chi connectivity index (χ3v) is 5.08. The SMILES string of the molecule is O=C(O)CCCCCN1C(=O)C(=O)/C(=C(/O)c2ccccc2)[C@@H]1c1ccccc1F. The van der Waals surface area contributed by atoms with Crippen LogP contribution in [0.2, 0.25) is 0 Å². The van der Waals surface area contributed by atoms with Gasteiger partial charge in [-0.25, -0.2) is 4.39 Å². The maximum absolute atomic E-state index is 14.6. The number of aliphatic hydroxyl groups excluding tert-OH is 1. The number of carbonyl (C=O) groups excluding carboxylic acids is 2. The van der Waals surface area contributed by atoms with Crippen LogP contribution in [0.5, 0.6) is 0 Å². The molecule has 6 nitrogen and oxygen atoms in total.